The van der Waals surface area contributed by atoms with E-state index >= 15 is 0 Å². The lowest BCUT2D eigenvalue weighted by molar-refractivity contribution is -0.170. The van der Waals surface area contributed by atoms with E-state index in [0.717, 1.165) is 0 Å². The van der Waals surface area contributed by atoms with Gasteiger partial charge in [-0.25, -0.2) is 4.79 Å². The van der Waals surface area contributed by atoms with E-state index in [1.54, 1.807) is 48.5 Å². The first kappa shape index (κ1) is 16.7. The van der Waals surface area contributed by atoms with Crippen molar-refractivity contribution in [2.75, 3.05) is 13.2 Å². The molecule has 1 heterocycles. The Balaban J connectivity index is 2.14. The number of ether oxygens (including phenoxy) is 1. The van der Waals surface area contributed by atoms with Gasteiger partial charge < -0.3 is 14.9 Å². The molecule has 0 bridgehead atoms. The zero-order valence-corrected chi connectivity index (χ0v) is 13.3. The molecule has 1 saturated heterocycles. The summed E-state index contributed by atoms with van der Waals surface area (Å²) in [4.78, 5) is 11.3. The molecule has 0 aliphatic carbocycles. The number of hydrogen-bond donors (Lipinski definition) is 2. The fourth-order valence-electron chi connectivity index (χ4n) is 2.74. The standard InChI is InChI=1S/C20H15NO4/c21-12-19(13-25-14-19)20(24,16-7-2-1-3-8-16)11-10-15-6-4-5-9-17(15)18(22)23/h1-9,24H,13-14H2,(H,22,23)/t20-/m1/s1. The smallest absolute Gasteiger partial charge is 0.336 e. The molecule has 2 aromatic carbocycles. The number of hydrogen-bond acceptors (Lipinski definition) is 4. The van der Waals surface area contributed by atoms with Gasteiger partial charge in [0.25, 0.3) is 0 Å². The van der Waals surface area contributed by atoms with Crippen LogP contribution in [-0.2, 0) is 10.3 Å². The predicted octanol–water partition coefficient (Wildman–Crippen LogP) is 2.16. The van der Waals surface area contributed by atoms with Crippen molar-refractivity contribution in [3.63, 3.8) is 0 Å². The Kier molecular flexibility index (Phi) is 4.29. The third kappa shape index (κ3) is 2.77. The van der Waals surface area contributed by atoms with Crippen molar-refractivity contribution in [3.05, 3.63) is 71.3 Å². The number of nitrogens with zero attached hydrogens (tertiary/aromatic N) is 1. The molecular formula is C20H15NO4. The number of carboxylic acid groups (broad SMARTS) is 1. The van der Waals surface area contributed by atoms with Crippen LogP contribution in [0, 0.1) is 28.6 Å². The van der Waals surface area contributed by atoms with E-state index in [1.165, 1.54) is 6.07 Å². The van der Waals surface area contributed by atoms with Gasteiger partial charge in [0, 0.05) is 5.56 Å². The first-order chi connectivity index (χ1) is 12.0. The number of nitriles is 1. The van der Waals surface area contributed by atoms with Gasteiger partial charge in [-0.05, 0) is 17.7 Å². The van der Waals surface area contributed by atoms with Gasteiger partial charge in [-0.3, -0.25) is 0 Å². The fourth-order valence-corrected chi connectivity index (χ4v) is 2.74. The van der Waals surface area contributed by atoms with E-state index in [-0.39, 0.29) is 24.3 Å². The molecule has 1 fully saturated rings. The topological polar surface area (TPSA) is 90.5 Å². The van der Waals surface area contributed by atoms with Crippen LogP contribution in [0.1, 0.15) is 21.5 Å². The van der Waals surface area contributed by atoms with E-state index in [2.05, 4.69) is 17.9 Å². The number of rotatable bonds is 3. The van der Waals surface area contributed by atoms with E-state index in [1.807, 2.05) is 0 Å². The third-order valence-corrected chi connectivity index (χ3v) is 4.33. The molecule has 0 unspecified atom stereocenters. The summed E-state index contributed by atoms with van der Waals surface area (Å²) in [6.45, 7) is 0.119. The average Bonchev–Trinajstić information content (AvgIpc) is 2.60. The van der Waals surface area contributed by atoms with Crippen LogP contribution in [0.5, 0.6) is 0 Å². The van der Waals surface area contributed by atoms with Crippen molar-refractivity contribution in [1.29, 1.82) is 5.26 Å². The number of carboxylic acids is 1. The lowest BCUT2D eigenvalue weighted by Gasteiger charge is -2.45. The monoisotopic (exact) mass is 333 g/mol. The second-order valence-corrected chi connectivity index (χ2v) is 5.86. The van der Waals surface area contributed by atoms with Crippen LogP contribution in [0.15, 0.2) is 54.6 Å². The molecular weight excluding hydrogens is 318 g/mol. The lowest BCUT2D eigenvalue weighted by Crippen LogP contribution is -2.56. The second-order valence-electron chi connectivity index (χ2n) is 5.86. The van der Waals surface area contributed by atoms with E-state index in [4.69, 9.17) is 4.74 Å². The summed E-state index contributed by atoms with van der Waals surface area (Å²) in [6, 6.07) is 17.1. The highest BCUT2D eigenvalue weighted by Gasteiger charge is 2.57. The van der Waals surface area contributed by atoms with Crippen molar-refractivity contribution >= 4 is 5.97 Å². The highest BCUT2D eigenvalue weighted by molar-refractivity contribution is 5.90. The number of benzene rings is 2. The van der Waals surface area contributed by atoms with Crippen molar-refractivity contribution in [2.45, 2.75) is 5.60 Å². The number of carbonyl (C=O) groups is 1. The molecule has 2 aromatic rings. The van der Waals surface area contributed by atoms with E-state index in [9.17, 15) is 20.3 Å². The maximum absolute atomic E-state index is 11.3. The Morgan fingerprint density at radius 1 is 1.12 bits per heavy atom. The van der Waals surface area contributed by atoms with Crippen LogP contribution in [0.4, 0.5) is 0 Å². The molecule has 5 nitrogen and oxygen atoms in total. The van der Waals surface area contributed by atoms with Gasteiger partial charge in [0.15, 0.2) is 5.60 Å². The van der Waals surface area contributed by atoms with Crippen LogP contribution in [-0.4, -0.2) is 29.4 Å². The van der Waals surface area contributed by atoms with Gasteiger partial charge in [0.05, 0.1) is 24.8 Å². The molecule has 3 rings (SSSR count). The zero-order valence-electron chi connectivity index (χ0n) is 13.3. The summed E-state index contributed by atoms with van der Waals surface area (Å²) in [5.41, 5.74) is -2.18. The summed E-state index contributed by atoms with van der Waals surface area (Å²) >= 11 is 0. The highest BCUT2D eigenvalue weighted by atomic mass is 16.5. The van der Waals surface area contributed by atoms with Gasteiger partial charge in [0.2, 0.25) is 0 Å². The zero-order chi connectivity index (χ0) is 17.9. The molecule has 124 valence electrons. The van der Waals surface area contributed by atoms with Gasteiger partial charge in [-0.1, -0.05) is 54.3 Å². The first-order valence-electron chi connectivity index (χ1n) is 7.65. The Bertz CT molecular complexity index is 901. The molecule has 2 N–H and O–H groups in total. The van der Waals surface area contributed by atoms with E-state index in [0.29, 0.717) is 5.56 Å². The molecule has 1 atom stereocenters. The Morgan fingerprint density at radius 3 is 2.32 bits per heavy atom. The van der Waals surface area contributed by atoms with Gasteiger partial charge >= 0.3 is 5.97 Å². The second kappa shape index (κ2) is 6.41. The molecule has 0 spiro atoms. The molecule has 0 amide bonds. The normalized spacial score (nSPS) is 17.1. The van der Waals surface area contributed by atoms with Crippen molar-refractivity contribution in [2.24, 2.45) is 5.41 Å². The molecule has 0 aromatic heterocycles. The minimum Gasteiger partial charge on any atom is -0.478 e. The minimum atomic E-state index is -1.77. The van der Waals surface area contributed by atoms with E-state index < -0.39 is 17.0 Å². The summed E-state index contributed by atoms with van der Waals surface area (Å²) in [5.74, 6) is 4.41. The van der Waals surface area contributed by atoms with Gasteiger partial charge in [-0.15, -0.1) is 0 Å². The predicted molar refractivity (Wildman–Crippen MR) is 89.5 cm³/mol. The van der Waals surface area contributed by atoms with Crippen LogP contribution in [0.3, 0.4) is 0 Å². The minimum absolute atomic E-state index is 0.0429. The lowest BCUT2D eigenvalue weighted by atomic mass is 9.68. The molecule has 0 saturated carbocycles. The van der Waals surface area contributed by atoms with Gasteiger partial charge in [0.1, 0.15) is 5.41 Å². The summed E-state index contributed by atoms with van der Waals surface area (Å²) < 4.78 is 5.17. The van der Waals surface area contributed by atoms with Crippen LogP contribution in [0.25, 0.3) is 0 Å². The maximum atomic E-state index is 11.3. The summed E-state index contributed by atoms with van der Waals surface area (Å²) in [7, 11) is 0. The quantitative estimate of drug-likeness (QED) is 0.840. The number of aromatic carboxylic acids is 1. The highest BCUT2D eigenvalue weighted by Crippen LogP contribution is 2.44. The largest absolute Gasteiger partial charge is 0.478 e. The maximum Gasteiger partial charge on any atom is 0.336 e. The SMILES string of the molecule is N#CC1([C@@](O)(C#Cc2ccccc2C(=O)O)c2ccccc2)COC1. The fraction of sp³-hybridized carbons (Fsp3) is 0.200. The molecule has 1 aliphatic heterocycles. The number of aliphatic hydroxyl groups is 1. The van der Waals surface area contributed by atoms with Crippen molar-refractivity contribution < 1.29 is 19.7 Å². The van der Waals surface area contributed by atoms with Crippen molar-refractivity contribution in [3.8, 4) is 17.9 Å². The molecule has 5 heteroatoms. The van der Waals surface area contributed by atoms with Crippen LogP contribution >= 0.6 is 0 Å². The van der Waals surface area contributed by atoms with Crippen LogP contribution in [0.2, 0.25) is 0 Å². The molecule has 25 heavy (non-hydrogen) atoms. The average molecular weight is 333 g/mol. The van der Waals surface area contributed by atoms with Crippen molar-refractivity contribution in [1.82, 2.24) is 0 Å². The Labute approximate surface area is 145 Å². The summed E-state index contributed by atoms with van der Waals surface area (Å²) in [5, 5.41) is 30.2. The first-order valence-corrected chi connectivity index (χ1v) is 7.65. The third-order valence-electron chi connectivity index (χ3n) is 4.33. The molecule has 1 aliphatic rings. The Morgan fingerprint density at radius 2 is 1.76 bits per heavy atom. The van der Waals surface area contributed by atoms with Gasteiger partial charge in [-0.2, -0.15) is 5.26 Å². The molecule has 0 radical (unpaired) electrons. The van der Waals surface area contributed by atoms with Crippen LogP contribution < -0.4 is 0 Å². The summed E-state index contributed by atoms with van der Waals surface area (Å²) in [6.07, 6.45) is 0. The Hall–Kier alpha value is -3.12.